The molecule has 3 rings (SSSR count). The predicted octanol–water partition coefficient (Wildman–Crippen LogP) is 2.99. The van der Waals surface area contributed by atoms with Crippen molar-refractivity contribution >= 4 is 21.6 Å². The molecule has 150 valence electrons. The monoisotopic (exact) mass is 412 g/mol. The van der Waals surface area contributed by atoms with Crippen LogP contribution < -0.4 is 19.5 Å². The van der Waals surface area contributed by atoms with E-state index >= 15 is 0 Å². The zero-order chi connectivity index (χ0) is 20.3. The molecule has 7 nitrogen and oxygen atoms in total. The Kier molecular flexibility index (Phi) is 5.80. The molecule has 0 saturated heterocycles. The van der Waals surface area contributed by atoms with Gasteiger partial charge in [0.2, 0.25) is 10.0 Å². The molecule has 0 bridgehead atoms. The van der Waals surface area contributed by atoms with Gasteiger partial charge in [0.15, 0.2) is 11.5 Å². The lowest BCUT2D eigenvalue weighted by Crippen LogP contribution is -2.26. The maximum atomic E-state index is 12.5. The second kappa shape index (κ2) is 8.11. The summed E-state index contributed by atoms with van der Waals surface area (Å²) < 4.78 is 61.5. The first-order chi connectivity index (χ1) is 13.3. The molecule has 1 aliphatic rings. The van der Waals surface area contributed by atoms with Crippen molar-refractivity contribution in [2.45, 2.75) is 30.4 Å². The maximum absolute atomic E-state index is 12.5. The van der Waals surface area contributed by atoms with Crippen LogP contribution in [0.15, 0.2) is 47.4 Å². The van der Waals surface area contributed by atoms with Gasteiger partial charge in [-0.3, -0.25) is 4.79 Å². The van der Waals surface area contributed by atoms with Crippen molar-refractivity contribution in [3.63, 3.8) is 0 Å². The third-order valence-corrected chi connectivity index (χ3v) is 5.46. The average Bonchev–Trinajstić information content (AvgIpc) is 3.45. The van der Waals surface area contributed by atoms with Gasteiger partial charge in [-0.25, -0.2) is 13.1 Å². The molecule has 0 aliphatic heterocycles. The highest BCUT2D eigenvalue weighted by Crippen LogP contribution is 2.31. The molecule has 1 fully saturated rings. The van der Waals surface area contributed by atoms with Gasteiger partial charge >= 0.3 is 6.61 Å². The second-order valence-electron chi connectivity index (χ2n) is 6.12. The van der Waals surface area contributed by atoms with Gasteiger partial charge in [0, 0.05) is 23.4 Å². The molecule has 0 atom stereocenters. The van der Waals surface area contributed by atoms with Crippen LogP contribution in [-0.4, -0.2) is 34.1 Å². The molecule has 2 N–H and O–H groups in total. The molecule has 0 unspecified atom stereocenters. The molecular weight excluding hydrogens is 394 g/mol. The number of ether oxygens (including phenoxy) is 2. The summed E-state index contributed by atoms with van der Waals surface area (Å²) in [4.78, 5) is 12.4. The van der Waals surface area contributed by atoms with E-state index in [9.17, 15) is 22.0 Å². The SMILES string of the molecule is COc1ccc(NC(=O)c2cccc(S(=O)(=O)NC3CC3)c2)cc1OC(F)F. The van der Waals surface area contributed by atoms with E-state index in [1.165, 1.54) is 49.6 Å². The molecule has 1 saturated carbocycles. The third-order valence-electron chi connectivity index (χ3n) is 3.94. The summed E-state index contributed by atoms with van der Waals surface area (Å²) in [6, 6.07) is 9.50. The van der Waals surface area contributed by atoms with Crippen LogP contribution in [0.5, 0.6) is 11.5 Å². The molecule has 28 heavy (non-hydrogen) atoms. The van der Waals surface area contributed by atoms with E-state index in [4.69, 9.17) is 4.74 Å². The van der Waals surface area contributed by atoms with Gasteiger partial charge in [0.05, 0.1) is 12.0 Å². The van der Waals surface area contributed by atoms with Crippen LogP contribution in [-0.2, 0) is 10.0 Å². The number of carbonyl (C=O) groups is 1. The van der Waals surface area contributed by atoms with Gasteiger partial charge in [0.1, 0.15) is 0 Å². The summed E-state index contributed by atoms with van der Waals surface area (Å²) >= 11 is 0. The smallest absolute Gasteiger partial charge is 0.387 e. The summed E-state index contributed by atoms with van der Waals surface area (Å²) in [5.41, 5.74) is 0.289. The van der Waals surface area contributed by atoms with Crippen LogP contribution in [0.25, 0.3) is 0 Å². The molecule has 0 aromatic heterocycles. The Hall–Kier alpha value is -2.72. The van der Waals surface area contributed by atoms with Crippen LogP contribution >= 0.6 is 0 Å². The first-order valence-corrected chi connectivity index (χ1v) is 9.83. The van der Waals surface area contributed by atoms with Gasteiger partial charge in [-0.1, -0.05) is 6.07 Å². The number of benzene rings is 2. The normalized spacial score (nSPS) is 14.0. The lowest BCUT2D eigenvalue weighted by atomic mass is 10.2. The van der Waals surface area contributed by atoms with Crippen LogP contribution in [0.4, 0.5) is 14.5 Å². The molecular formula is C18H18F2N2O5S. The van der Waals surface area contributed by atoms with Crippen molar-refractivity contribution in [3.05, 3.63) is 48.0 Å². The summed E-state index contributed by atoms with van der Waals surface area (Å²) in [6.07, 6.45) is 1.58. The van der Waals surface area contributed by atoms with Crippen molar-refractivity contribution in [2.75, 3.05) is 12.4 Å². The van der Waals surface area contributed by atoms with E-state index in [0.717, 1.165) is 12.8 Å². The van der Waals surface area contributed by atoms with Gasteiger partial charge in [-0.15, -0.1) is 0 Å². The summed E-state index contributed by atoms with van der Waals surface area (Å²) in [5.74, 6) is -0.755. The number of carbonyl (C=O) groups excluding carboxylic acids is 1. The molecule has 2 aromatic carbocycles. The highest BCUT2D eigenvalue weighted by atomic mass is 32.2. The van der Waals surface area contributed by atoms with Crippen molar-refractivity contribution in [3.8, 4) is 11.5 Å². The number of sulfonamides is 1. The lowest BCUT2D eigenvalue weighted by molar-refractivity contribution is -0.0511. The van der Waals surface area contributed by atoms with Gasteiger partial charge in [0.25, 0.3) is 5.91 Å². The number of hydrogen-bond donors (Lipinski definition) is 2. The van der Waals surface area contributed by atoms with Gasteiger partial charge < -0.3 is 14.8 Å². The Balaban J connectivity index is 1.78. The number of amides is 1. The van der Waals surface area contributed by atoms with Crippen LogP contribution in [0, 0.1) is 0 Å². The minimum Gasteiger partial charge on any atom is -0.493 e. The van der Waals surface area contributed by atoms with Crippen molar-refractivity contribution < 1.29 is 31.5 Å². The van der Waals surface area contributed by atoms with E-state index in [1.54, 1.807) is 0 Å². The Morgan fingerprint density at radius 1 is 1.14 bits per heavy atom. The molecule has 0 spiro atoms. The van der Waals surface area contributed by atoms with Crippen molar-refractivity contribution in [1.82, 2.24) is 4.72 Å². The molecule has 10 heteroatoms. The number of hydrogen-bond acceptors (Lipinski definition) is 5. The Labute approximate surface area is 160 Å². The second-order valence-corrected chi connectivity index (χ2v) is 7.84. The number of anilines is 1. The highest BCUT2D eigenvalue weighted by Gasteiger charge is 2.28. The predicted molar refractivity (Wildman–Crippen MR) is 97.4 cm³/mol. The van der Waals surface area contributed by atoms with Crippen LogP contribution in [0.1, 0.15) is 23.2 Å². The number of alkyl halides is 2. The summed E-state index contributed by atoms with van der Waals surface area (Å²) in [7, 11) is -2.41. The maximum Gasteiger partial charge on any atom is 0.387 e. The fourth-order valence-corrected chi connectivity index (χ4v) is 3.79. The quantitative estimate of drug-likeness (QED) is 0.695. The van der Waals surface area contributed by atoms with Crippen LogP contribution in [0.3, 0.4) is 0 Å². The number of nitrogens with one attached hydrogen (secondary N) is 2. The standard InChI is InChI=1S/C18H18F2N2O5S/c1-26-15-8-7-13(10-16(15)27-18(19)20)21-17(23)11-3-2-4-14(9-11)28(24,25)22-12-5-6-12/h2-4,7-10,12,18,22H,5-6H2,1H3,(H,21,23). The Bertz CT molecular complexity index is 978. The fourth-order valence-electron chi connectivity index (χ4n) is 2.44. The van der Waals surface area contributed by atoms with E-state index in [0.29, 0.717) is 0 Å². The Morgan fingerprint density at radius 3 is 2.54 bits per heavy atom. The first-order valence-electron chi connectivity index (χ1n) is 8.35. The van der Waals surface area contributed by atoms with E-state index in [2.05, 4.69) is 14.8 Å². The molecule has 2 aromatic rings. The van der Waals surface area contributed by atoms with E-state index < -0.39 is 22.5 Å². The molecule has 0 radical (unpaired) electrons. The number of rotatable bonds is 8. The van der Waals surface area contributed by atoms with E-state index in [1.807, 2.05) is 0 Å². The van der Waals surface area contributed by atoms with Crippen molar-refractivity contribution in [1.29, 1.82) is 0 Å². The number of halogens is 2. The first kappa shape index (κ1) is 20.0. The molecule has 0 heterocycles. The van der Waals surface area contributed by atoms with E-state index in [-0.39, 0.29) is 33.7 Å². The largest absolute Gasteiger partial charge is 0.493 e. The summed E-state index contributed by atoms with van der Waals surface area (Å²) in [6.45, 7) is -3.05. The minimum atomic E-state index is -3.70. The minimum absolute atomic E-state index is 0.0245. The zero-order valence-corrected chi connectivity index (χ0v) is 15.6. The topological polar surface area (TPSA) is 93.7 Å². The lowest BCUT2D eigenvalue weighted by Gasteiger charge is -2.12. The average molecular weight is 412 g/mol. The highest BCUT2D eigenvalue weighted by molar-refractivity contribution is 7.89. The summed E-state index contributed by atoms with van der Waals surface area (Å²) in [5, 5.41) is 2.52. The number of methoxy groups -OCH3 is 1. The third kappa shape index (κ3) is 4.96. The fraction of sp³-hybridized carbons (Fsp3) is 0.278. The zero-order valence-electron chi connectivity index (χ0n) is 14.8. The van der Waals surface area contributed by atoms with Gasteiger partial charge in [-0.2, -0.15) is 8.78 Å². The molecule has 1 amide bonds. The van der Waals surface area contributed by atoms with Crippen LogP contribution in [0.2, 0.25) is 0 Å². The Morgan fingerprint density at radius 2 is 1.89 bits per heavy atom. The van der Waals surface area contributed by atoms with Crippen molar-refractivity contribution in [2.24, 2.45) is 0 Å². The van der Waals surface area contributed by atoms with Gasteiger partial charge in [-0.05, 0) is 43.2 Å². The molecule has 1 aliphatic carbocycles.